The number of hydrogen-bond acceptors (Lipinski definition) is 5. The van der Waals surface area contributed by atoms with Crippen molar-refractivity contribution in [3.05, 3.63) is 41.8 Å². The Morgan fingerprint density at radius 2 is 1.95 bits per heavy atom. The first-order chi connectivity index (χ1) is 10.4. The van der Waals surface area contributed by atoms with E-state index in [0.29, 0.717) is 24.3 Å². The molecule has 0 bridgehead atoms. The van der Waals surface area contributed by atoms with Crippen molar-refractivity contribution in [3.8, 4) is 0 Å². The van der Waals surface area contributed by atoms with E-state index in [1.54, 1.807) is 6.92 Å². The van der Waals surface area contributed by atoms with Gasteiger partial charge in [0.2, 0.25) is 15.8 Å². The summed E-state index contributed by atoms with van der Waals surface area (Å²) in [6, 6.07) is 7.41. The zero-order valence-electron chi connectivity index (χ0n) is 12.3. The second-order valence-corrected chi connectivity index (χ2v) is 6.48. The van der Waals surface area contributed by atoms with E-state index in [0.717, 1.165) is 0 Å². The third kappa shape index (κ3) is 3.92. The van der Waals surface area contributed by atoms with Gasteiger partial charge < -0.3 is 9.84 Å². The number of amides is 1. The molecule has 0 atom stereocenters. The first-order valence-electron chi connectivity index (χ1n) is 6.77. The smallest absolute Gasteiger partial charge is 0.294 e. The molecule has 2 N–H and O–H groups in total. The highest BCUT2D eigenvalue weighted by Crippen LogP contribution is 2.15. The van der Waals surface area contributed by atoms with Crippen molar-refractivity contribution in [2.75, 3.05) is 11.9 Å². The number of sulfonamides is 1. The average molecular weight is 323 g/mol. The van der Waals surface area contributed by atoms with E-state index in [1.807, 2.05) is 6.92 Å². The molecule has 0 radical (unpaired) electrons. The summed E-state index contributed by atoms with van der Waals surface area (Å²) >= 11 is 0. The highest BCUT2D eigenvalue weighted by Gasteiger charge is 2.14. The Morgan fingerprint density at radius 1 is 1.27 bits per heavy atom. The lowest BCUT2D eigenvalue weighted by Crippen LogP contribution is -2.24. The van der Waals surface area contributed by atoms with E-state index in [2.05, 4.69) is 15.2 Å². The highest BCUT2D eigenvalue weighted by atomic mass is 32.2. The molecular formula is C14H17N3O4S. The number of nitrogens with zero attached hydrogens (tertiary/aromatic N) is 1. The van der Waals surface area contributed by atoms with Crippen LogP contribution in [0.1, 0.15) is 29.6 Å². The maximum Gasteiger partial charge on any atom is 0.294 e. The van der Waals surface area contributed by atoms with Gasteiger partial charge in [-0.15, -0.1) is 0 Å². The number of carbonyl (C=O) groups excluding carboxylic acids is 1. The number of hydrogen-bond donors (Lipinski definition) is 2. The van der Waals surface area contributed by atoms with Crippen LogP contribution in [0.25, 0.3) is 0 Å². The van der Waals surface area contributed by atoms with E-state index in [-0.39, 0.29) is 10.7 Å². The Bertz CT molecular complexity index is 751. The molecule has 118 valence electrons. The molecule has 0 aliphatic rings. The normalized spacial score (nSPS) is 11.4. The third-order valence-electron chi connectivity index (χ3n) is 2.82. The molecule has 1 aromatic heterocycles. The first-order valence-corrected chi connectivity index (χ1v) is 8.25. The molecule has 0 fully saturated rings. The minimum Gasteiger partial charge on any atom is -0.351 e. The molecule has 2 rings (SSSR count). The molecular weight excluding hydrogens is 306 g/mol. The van der Waals surface area contributed by atoms with E-state index in [1.165, 1.54) is 30.3 Å². The van der Waals surface area contributed by atoms with Crippen molar-refractivity contribution in [2.45, 2.75) is 25.2 Å². The van der Waals surface area contributed by atoms with Crippen molar-refractivity contribution < 1.29 is 17.7 Å². The fraction of sp³-hybridized carbons (Fsp3) is 0.286. The summed E-state index contributed by atoms with van der Waals surface area (Å²) in [7, 11) is -3.51. The van der Waals surface area contributed by atoms with Crippen molar-refractivity contribution in [1.82, 2.24) is 9.88 Å². The van der Waals surface area contributed by atoms with Gasteiger partial charge in [-0.05, 0) is 37.6 Å². The number of rotatable bonds is 6. The summed E-state index contributed by atoms with van der Waals surface area (Å²) in [5.41, 5.74) is 1.07. The van der Waals surface area contributed by atoms with Crippen molar-refractivity contribution in [3.63, 3.8) is 0 Å². The lowest BCUT2D eigenvalue weighted by molar-refractivity contribution is 0.0988. The molecule has 1 heterocycles. The van der Waals surface area contributed by atoms with Gasteiger partial charge in [0.05, 0.1) is 10.6 Å². The molecule has 1 amide bonds. The molecule has 0 saturated carbocycles. The van der Waals surface area contributed by atoms with Gasteiger partial charge in [0.15, 0.2) is 0 Å². The predicted octanol–water partition coefficient (Wildman–Crippen LogP) is 1.92. The average Bonchev–Trinajstić information content (AvgIpc) is 2.92. The van der Waals surface area contributed by atoms with E-state index in [9.17, 15) is 13.2 Å². The molecule has 22 heavy (non-hydrogen) atoms. The SMILES string of the molecule is CCCNS(=O)(=O)c1ccc(NC(=O)c2cc(C)no2)cc1. The Kier molecular flexibility index (Phi) is 4.94. The van der Waals surface area contributed by atoms with Gasteiger partial charge in [-0.2, -0.15) is 0 Å². The third-order valence-corrected chi connectivity index (χ3v) is 4.29. The Morgan fingerprint density at radius 3 is 2.50 bits per heavy atom. The number of benzene rings is 1. The van der Waals surface area contributed by atoms with Crippen LogP contribution >= 0.6 is 0 Å². The zero-order valence-corrected chi connectivity index (χ0v) is 13.1. The first kappa shape index (κ1) is 16.2. The Balaban J connectivity index is 2.07. The largest absolute Gasteiger partial charge is 0.351 e. The molecule has 0 saturated heterocycles. The van der Waals surface area contributed by atoms with Gasteiger partial charge in [-0.25, -0.2) is 13.1 Å². The van der Waals surface area contributed by atoms with Gasteiger partial charge in [-0.1, -0.05) is 12.1 Å². The maximum absolute atomic E-state index is 11.9. The van der Waals surface area contributed by atoms with Crippen LogP contribution in [0.2, 0.25) is 0 Å². The minimum absolute atomic E-state index is 0.0961. The number of carbonyl (C=O) groups is 1. The number of aromatic nitrogens is 1. The van der Waals surface area contributed by atoms with Crippen LogP contribution in [-0.4, -0.2) is 26.0 Å². The maximum atomic E-state index is 11.9. The fourth-order valence-corrected chi connectivity index (χ4v) is 2.83. The minimum atomic E-state index is -3.51. The second-order valence-electron chi connectivity index (χ2n) is 4.71. The Hall–Kier alpha value is -2.19. The number of aryl methyl sites for hydroxylation is 1. The summed E-state index contributed by atoms with van der Waals surface area (Å²) < 4.78 is 31.2. The summed E-state index contributed by atoms with van der Waals surface area (Å²) in [6.45, 7) is 3.97. The van der Waals surface area contributed by atoms with E-state index >= 15 is 0 Å². The lowest BCUT2D eigenvalue weighted by Gasteiger charge is -2.07. The summed E-state index contributed by atoms with van der Waals surface area (Å²) in [4.78, 5) is 12.0. The quantitative estimate of drug-likeness (QED) is 0.845. The molecule has 0 spiro atoms. The van der Waals surface area contributed by atoms with Crippen molar-refractivity contribution in [2.24, 2.45) is 0 Å². The molecule has 1 aromatic carbocycles. The molecule has 0 aliphatic carbocycles. The standard InChI is InChI=1S/C14H17N3O4S/c1-3-8-15-22(19,20)12-6-4-11(5-7-12)16-14(18)13-9-10(2)17-21-13/h4-7,9,15H,3,8H2,1-2H3,(H,16,18). The van der Waals surface area contributed by atoms with E-state index in [4.69, 9.17) is 4.52 Å². The van der Waals surface area contributed by atoms with Gasteiger partial charge >= 0.3 is 0 Å². The van der Waals surface area contributed by atoms with Crippen molar-refractivity contribution in [1.29, 1.82) is 0 Å². The van der Waals surface area contributed by atoms with Crippen LogP contribution in [0.4, 0.5) is 5.69 Å². The molecule has 7 nitrogen and oxygen atoms in total. The molecule has 8 heteroatoms. The van der Waals surface area contributed by atoms with Crippen LogP contribution < -0.4 is 10.0 Å². The van der Waals surface area contributed by atoms with Crippen molar-refractivity contribution >= 4 is 21.6 Å². The fourth-order valence-electron chi connectivity index (χ4n) is 1.70. The van der Waals surface area contributed by atoms with Gasteiger partial charge in [0.25, 0.3) is 5.91 Å². The molecule has 2 aromatic rings. The van der Waals surface area contributed by atoms with Crippen LogP contribution in [0.5, 0.6) is 0 Å². The van der Waals surface area contributed by atoms with Crippen LogP contribution in [0.3, 0.4) is 0 Å². The highest BCUT2D eigenvalue weighted by molar-refractivity contribution is 7.89. The second kappa shape index (κ2) is 6.71. The zero-order chi connectivity index (χ0) is 16.2. The van der Waals surface area contributed by atoms with Crippen LogP contribution in [0, 0.1) is 6.92 Å². The molecule has 0 aliphatic heterocycles. The van der Waals surface area contributed by atoms with E-state index < -0.39 is 15.9 Å². The monoisotopic (exact) mass is 323 g/mol. The lowest BCUT2D eigenvalue weighted by atomic mass is 10.3. The topological polar surface area (TPSA) is 101 Å². The summed E-state index contributed by atoms with van der Waals surface area (Å²) in [5, 5.41) is 6.24. The number of nitrogens with one attached hydrogen (secondary N) is 2. The van der Waals surface area contributed by atoms with Gasteiger partial charge in [-0.3, -0.25) is 4.79 Å². The van der Waals surface area contributed by atoms with Gasteiger partial charge in [0.1, 0.15) is 0 Å². The molecule has 0 unspecified atom stereocenters. The summed E-state index contributed by atoms with van der Waals surface area (Å²) in [6.07, 6.45) is 0.712. The van der Waals surface area contributed by atoms with Crippen LogP contribution in [-0.2, 0) is 10.0 Å². The Labute approximate surface area is 128 Å². The van der Waals surface area contributed by atoms with Gasteiger partial charge in [0, 0.05) is 18.3 Å². The van der Waals surface area contributed by atoms with Crippen LogP contribution in [0.15, 0.2) is 39.8 Å². The number of anilines is 1. The predicted molar refractivity (Wildman–Crippen MR) is 81.1 cm³/mol. The summed E-state index contributed by atoms with van der Waals surface area (Å²) in [5.74, 6) is -0.348.